The average molecular weight is 265 g/mol. The third kappa shape index (κ3) is 2.65. The Morgan fingerprint density at radius 1 is 1.39 bits per heavy atom. The molecule has 3 nitrogen and oxygen atoms in total. The van der Waals surface area contributed by atoms with Crippen LogP contribution >= 0.6 is 11.6 Å². The summed E-state index contributed by atoms with van der Waals surface area (Å²) in [5.41, 5.74) is 1.15. The summed E-state index contributed by atoms with van der Waals surface area (Å²) in [5.74, 6) is -1.24. The molecule has 0 fully saturated rings. The van der Waals surface area contributed by atoms with E-state index in [-0.39, 0.29) is 5.69 Å². The minimum atomic E-state index is -0.651. The van der Waals surface area contributed by atoms with Crippen LogP contribution in [0.15, 0.2) is 36.5 Å². The van der Waals surface area contributed by atoms with Crippen LogP contribution in [0.5, 0.6) is 0 Å². The molecule has 0 aliphatic rings. The van der Waals surface area contributed by atoms with Crippen molar-refractivity contribution in [2.24, 2.45) is 0 Å². The lowest BCUT2D eigenvalue weighted by molar-refractivity contribution is 0.101. The number of carbonyl (C=O) groups excluding carboxylic acids is 1. The number of nitrogens with one attached hydrogen (secondary N) is 1. The third-order valence-electron chi connectivity index (χ3n) is 2.41. The van der Waals surface area contributed by atoms with E-state index < -0.39 is 11.7 Å². The number of anilines is 1. The number of rotatable bonds is 2. The van der Waals surface area contributed by atoms with Crippen molar-refractivity contribution in [2.45, 2.75) is 6.92 Å². The Hall–Kier alpha value is -1.94. The predicted octanol–water partition coefficient (Wildman–Crippen LogP) is 3.43. The summed E-state index contributed by atoms with van der Waals surface area (Å²) >= 11 is 5.81. The van der Waals surface area contributed by atoms with Gasteiger partial charge in [-0.1, -0.05) is 11.6 Å². The van der Waals surface area contributed by atoms with Gasteiger partial charge in [0.2, 0.25) is 0 Å². The van der Waals surface area contributed by atoms with Crippen LogP contribution in [0.1, 0.15) is 16.1 Å². The number of hydrogen-bond acceptors (Lipinski definition) is 2. The zero-order chi connectivity index (χ0) is 13.1. The van der Waals surface area contributed by atoms with Crippen molar-refractivity contribution >= 4 is 23.2 Å². The molecule has 2 aromatic rings. The second-order valence-corrected chi connectivity index (χ2v) is 4.18. The summed E-state index contributed by atoms with van der Waals surface area (Å²) in [4.78, 5) is 15.5. The molecule has 1 N–H and O–H groups in total. The largest absolute Gasteiger partial charge is 0.320 e. The Bertz CT molecular complexity index is 601. The minimum absolute atomic E-state index is 0.230. The van der Waals surface area contributed by atoms with E-state index in [1.54, 1.807) is 25.1 Å². The molecule has 2 rings (SSSR count). The molecular weight excluding hydrogens is 255 g/mol. The number of aromatic nitrogens is 1. The lowest BCUT2D eigenvalue weighted by Crippen LogP contribution is -2.16. The van der Waals surface area contributed by atoms with E-state index in [1.807, 2.05) is 0 Å². The summed E-state index contributed by atoms with van der Waals surface area (Å²) < 4.78 is 13.4. The molecule has 0 atom stereocenters. The van der Waals surface area contributed by atoms with Crippen molar-refractivity contribution in [2.75, 3.05) is 5.32 Å². The number of nitrogens with zero attached hydrogens (tertiary/aromatic N) is 1. The van der Waals surface area contributed by atoms with E-state index in [1.165, 1.54) is 18.3 Å². The van der Waals surface area contributed by atoms with Gasteiger partial charge in [0.1, 0.15) is 0 Å². The van der Waals surface area contributed by atoms with Crippen molar-refractivity contribution in [1.82, 2.24) is 4.98 Å². The van der Waals surface area contributed by atoms with E-state index >= 15 is 0 Å². The highest BCUT2D eigenvalue weighted by atomic mass is 35.5. The van der Waals surface area contributed by atoms with E-state index in [0.717, 1.165) is 5.56 Å². The maximum atomic E-state index is 13.4. The van der Waals surface area contributed by atoms with E-state index in [0.29, 0.717) is 10.7 Å². The summed E-state index contributed by atoms with van der Waals surface area (Å²) in [7, 11) is 0. The molecule has 0 aliphatic carbocycles. The van der Waals surface area contributed by atoms with Gasteiger partial charge >= 0.3 is 0 Å². The fraction of sp³-hybridized carbons (Fsp3) is 0.0769. The molecule has 1 aromatic heterocycles. The molecule has 0 radical (unpaired) electrons. The first-order valence-corrected chi connectivity index (χ1v) is 5.64. The summed E-state index contributed by atoms with van der Waals surface area (Å²) in [6, 6.07) is 7.65. The Morgan fingerprint density at radius 2 is 2.17 bits per heavy atom. The highest BCUT2D eigenvalue weighted by Gasteiger charge is 2.13. The van der Waals surface area contributed by atoms with Crippen LogP contribution in [0.25, 0.3) is 0 Å². The molecule has 0 spiro atoms. The van der Waals surface area contributed by atoms with E-state index in [2.05, 4.69) is 10.3 Å². The van der Waals surface area contributed by atoms with Crippen molar-refractivity contribution in [3.8, 4) is 0 Å². The molecule has 5 heteroatoms. The lowest BCUT2D eigenvalue weighted by Gasteiger charge is -2.08. The Balaban J connectivity index is 2.24. The third-order valence-corrected chi connectivity index (χ3v) is 2.65. The van der Waals surface area contributed by atoms with Crippen LogP contribution in [-0.4, -0.2) is 10.9 Å². The van der Waals surface area contributed by atoms with Crippen molar-refractivity contribution in [3.63, 3.8) is 0 Å². The van der Waals surface area contributed by atoms with Gasteiger partial charge in [-0.05, 0) is 42.8 Å². The van der Waals surface area contributed by atoms with Crippen LogP contribution < -0.4 is 5.32 Å². The fourth-order valence-corrected chi connectivity index (χ4v) is 1.73. The molecule has 0 saturated heterocycles. The normalized spacial score (nSPS) is 10.2. The maximum absolute atomic E-state index is 13.4. The Kier molecular flexibility index (Phi) is 3.58. The monoisotopic (exact) mass is 264 g/mol. The average Bonchev–Trinajstić information content (AvgIpc) is 2.33. The topological polar surface area (TPSA) is 42.0 Å². The number of halogens is 2. The SMILES string of the molecule is Cc1cc(Cl)ccc1NC(=O)c1ncccc1F. The summed E-state index contributed by atoms with van der Waals surface area (Å²) in [6.45, 7) is 1.80. The lowest BCUT2D eigenvalue weighted by atomic mass is 10.2. The Morgan fingerprint density at radius 3 is 2.83 bits per heavy atom. The van der Waals surface area contributed by atoms with Gasteiger partial charge in [-0.3, -0.25) is 4.79 Å². The molecule has 1 heterocycles. The first-order chi connectivity index (χ1) is 8.58. The molecule has 1 amide bonds. The Labute approximate surface area is 109 Å². The molecule has 0 unspecified atom stereocenters. The predicted molar refractivity (Wildman–Crippen MR) is 68.3 cm³/mol. The van der Waals surface area contributed by atoms with Gasteiger partial charge in [0.05, 0.1) is 0 Å². The van der Waals surface area contributed by atoms with Gasteiger partial charge in [0, 0.05) is 16.9 Å². The zero-order valence-corrected chi connectivity index (χ0v) is 10.3. The highest BCUT2D eigenvalue weighted by Crippen LogP contribution is 2.20. The molecular formula is C13H10ClFN2O. The van der Waals surface area contributed by atoms with E-state index in [4.69, 9.17) is 11.6 Å². The standard InChI is InChI=1S/C13H10ClFN2O/c1-8-7-9(14)4-5-11(8)17-13(18)12-10(15)3-2-6-16-12/h2-7H,1H3,(H,17,18). The van der Waals surface area contributed by atoms with Gasteiger partial charge in [-0.15, -0.1) is 0 Å². The van der Waals surface area contributed by atoms with Crippen molar-refractivity contribution in [3.05, 3.63) is 58.6 Å². The number of carbonyl (C=O) groups is 1. The minimum Gasteiger partial charge on any atom is -0.320 e. The van der Waals surface area contributed by atoms with Gasteiger partial charge in [-0.2, -0.15) is 0 Å². The van der Waals surface area contributed by atoms with Gasteiger partial charge in [0.15, 0.2) is 11.5 Å². The van der Waals surface area contributed by atoms with Gasteiger partial charge < -0.3 is 5.32 Å². The second kappa shape index (κ2) is 5.14. The summed E-state index contributed by atoms with van der Waals surface area (Å²) in [6.07, 6.45) is 1.37. The molecule has 0 saturated carbocycles. The second-order valence-electron chi connectivity index (χ2n) is 3.75. The van der Waals surface area contributed by atoms with Crippen LogP contribution in [0.2, 0.25) is 5.02 Å². The van der Waals surface area contributed by atoms with Crippen LogP contribution in [0.4, 0.5) is 10.1 Å². The molecule has 1 aromatic carbocycles. The van der Waals surface area contributed by atoms with Crippen LogP contribution in [0, 0.1) is 12.7 Å². The summed E-state index contributed by atoms with van der Waals surface area (Å²) in [5, 5.41) is 3.17. The number of benzene rings is 1. The first kappa shape index (κ1) is 12.5. The smallest absolute Gasteiger partial charge is 0.277 e. The fourth-order valence-electron chi connectivity index (χ4n) is 1.50. The molecule has 0 bridgehead atoms. The van der Waals surface area contributed by atoms with E-state index in [9.17, 15) is 9.18 Å². The maximum Gasteiger partial charge on any atom is 0.277 e. The quantitative estimate of drug-likeness (QED) is 0.903. The number of hydrogen-bond donors (Lipinski definition) is 1. The number of aryl methyl sites for hydroxylation is 1. The van der Waals surface area contributed by atoms with Crippen molar-refractivity contribution in [1.29, 1.82) is 0 Å². The number of pyridine rings is 1. The highest BCUT2D eigenvalue weighted by molar-refractivity contribution is 6.30. The zero-order valence-electron chi connectivity index (χ0n) is 9.58. The molecule has 92 valence electrons. The van der Waals surface area contributed by atoms with Crippen molar-refractivity contribution < 1.29 is 9.18 Å². The first-order valence-electron chi connectivity index (χ1n) is 5.26. The molecule has 18 heavy (non-hydrogen) atoms. The van der Waals surface area contributed by atoms with Gasteiger partial charge in [0.25, 0.3) is 5.91 Å². The van der Waals surface area contributed by atoms with Gasteiger partial charge in [-0.25, -0.2) is 9.37 Å². The van der Waals surface area contributed by atoms with Crippen LogP contribution in [-0.2, 0) is 0 Å². The number of amides is 1. The van der Waals surface area contributed by atoms with Crippen LogP contribution in [0.3, 0.4) is 0 Å². The molecule has 0 aliphatic heterocycles.